The minimum atomic E-state index is -0.385. The van der Waals surface area contributed by atoms with E-state index in [0.29, 0.717) is 22.8 Å². The van der Waals surface area contributed by atoms with Gasteiger partial charge in [0, 0.05) is 22.2 Å². The van der Waals surface area contributed by atoms with Crippen LogP contribution in [-0.2, 0) is 0 Å². The van der Waals surface area contributed by atoms with Crippen LogP contribution in [0.15, 0.2) is 46.3 Å². The van der Waals surface area contributed by atoms with Crippen molar-refractivity contribution >= 4 is 26.8 Å². The lowest BCUT2D eigenvalue weighted by Crippen LogP contribution is -2.21. The highest BCUT2D eigenvalue weighted by Gasteiger charge is 2.33. The summed E-state index contributed by atoms with van der Waals surface area (Å²) in [6.07, 6.45) is 0. The van der Waals surface area contributed by atoms with Crippen molar-refractivity contribution in [3.63, 3.8) is 0 Å². The molecule has 1 aromatic heterocycles. The Labute approximate surface area is 170 Å². The second kappa shape index (κ2) is 6.80. The zero-order chi connectivity index (χ0) is 20.0. The van der Waals surface area contributed by atoms with Gasteiger partial charge in [0.1, 0.15) is 17.4 Å². The molecule has 28 heavy (non-hydrogen) atoms. The largest absolute Gasteiger partial charge is 0.493 e. The van der Waals surface area contributed by atoms with Gasteiger partial charge in [-0.25, -0.2) is 0 Å². The molecular weight excluding hydrogens is 422 g/mol. The highest BCUT2D eigenvalue weighted by Crippen LogP contribution is 2.48. The van der Waals surface area contributed by atoms with Crippen molar-refractivity contribution in [2.24, 2.45) is 5.73 Å². The quantitative estimate of drug-likeness (QED) is 0.627. The van der Waals surface area contributed by atoms with Gasteiger partial charge >= 0.3 is 0 Å². The molecule has 3 aromatic rings. The van der Waals surface area contributed by atoms with Gasteiger partial charge < -0.3 is 24.9 Å². The third-order valence-electron chi connectivity index (χ3n) is 4.91. The van der Waals surface area contributed by atoms with Crippen LogP contribution in [0, 0.1) is 18.3 Å². The van der Waals surface area contributed by atoms with Gasteiger partial charge in [0.2, 0.25) is 5.88 Å². The summed E-state index contributed by atoms with van der Waals surface area (Å²) in [5.41, 5.74) is 10.2. The van der Waals surface area contributed by atoms with Gasteiger partial charge in [0.05, 0.1) is 24.6 Å². The Morgan fingerprint density at radius 1 is 1.21 bits per heavy atom. The second-order valence-corrected chi connectivity index (χ2v) is 7.41. The maximum atomic E-state index is 9.79. The number of aryl methyl sites for hydroxylation is 1. The Kier molecular flexibility index (Phi) is 4.44. The van der Waals surface area contributed by atoms with Crippen molar-refractivity contribution in [3.05, 3.63) is 63.1 Å². The van der Waals surface area contributed by atoms with E-state index >= 15 is 0 Å². The average Bonchev–Trinajstić information content (AvgIpc) is 3.07. The van der Waals surface area contributed by atoms with Gasteiger partial charge in [-0.05, 0) is 52.7 Å². The van der Waals surface area contributed by atoms with E-state index in [1.165, 1.54) is 0 Å². The molecule has 1 aliphatic heterocycles. The number of H-pyrrole nitrogens is 1. The van der Waals surface area contributed by atoms with Crippen LogP contribution in [0.4, 0.5) is 0 Å². The van der Waals surface area contributed by atoms with E-state index in [1.807, 2.05) is 37.3 Å². The zero-order valence-electron chi connectivity index (χ0n) is 15.6. The number of aromatic amines is 1. The molecule has 0 radical (unpaired) electrons. The maximum Gasteiger partial charge on any atom is 0.205 e. The summed E-state index contributed by atoms with van der Waals surface area (Å²) in [4.78, 5) is 3.30. The molecular formula is C21H18BrN3O3. The summed E-state index contributed by atoms with van der Waals surface area (Å²) in [5.74, 6) is 1.54. The second-order valence-electron chi connectivity index (χ2n) is 6.56. The fraction of sp³-hybridized carbons (Fsp3) is 0.190. The Bertz CT molecular complexity index is 1170. The molecule has 0 fully saturated rings. The van der Waals surface area contributed by atoms with Gasteiger partial charge in [-0.1, -0.05) is 6.07 Å². The fourth-order valence-corrected chi connectivity index (χ4v) is 4.33. The Morgan fingerprint density at radius 3 is 2.68 bits per heavy atom. The standard InChI is InChI=1S/C21H18BrN3O3/c1-10-6-13-16(25-10)5-4-12-18(14(9-23)21(24)28-19(12)13)11-7-15(22)20(27-3)17(8-11)26-2/h4-8,18,25H,24H2,1-3H3. The molecule has 1 atom stereocenters. The van der Waals surface area contributed by atoms with Crippen LogP contribution in [0.1, 0.15) is 22.7 Å². The number of benzene rings is 2. The van der Waals surface area contributed by atoms with E-state index < -0.39 is 0 Å². The van der Waals surface area contributed by atoms with E-state index in [2.05, 4.69) is 27.0 Å². The molecule has 0 saturated carbocycles. The summed E-state index contributed by atoms with van der Waals surface area (Å²) in [5, 5.41) is 10.7. The SMILES string of the molecule is COc1cc(C2C(C#N)=C(N)Oc3c2ccc2[nH]c(C)cc32)cc(Br)c1OC. The summed E-state index contributed by atoms with van der Waals surface area (Å²) in [6, 6.07) is 12.0. The van der Waals surface area contributed by atoms with Crippen LogP contribution in [-0.4, -0.2) is 19.2 Å². The van der Waals surface area contributed by atoms with Crippen molar-refractivity contribution in [2.45, 2.75) is 12.8 Å². The molecule has 3 N–H and O–H groups in total. The first-order chi connectivity index (χ1) is 13.5. The number of rotatable bonds is 3. The molecule has 0 amide bonds. The number of hydrogen-bond donors (Lipinski definition) is 2. The number of hydrogen-bond acceptors (Lipinski definition) is 5. The highest BCUT2D eigenvalue weighted by atomic mass is 79.9. The predicted octanol–water partition coefficient (Wildman–Crippen LogP) is 4.47. The van der Waals surface area contributed by atoms with Crippen LogP contribution >= 0.6 is 15.9 Å². The van der Waals surface area contributed by atoms with Gasteiger partial charge in [-0.3, -0.25) is 0 Å². The highest BCUT2D eigenvalue weighted by molar-refractivity contribution is 9.10. The molecule has 1 aliphatic rings. The molecule has 0 spiro atoms. The van der Waals surface area contributed by atoms with Gasteiger partial charge in [-0.15, -0.1) is 0 Å². The number of nitriles is 1. The van der Waals surface area contributed by atoms with Crippen molar-refractivity contribution in [1.82, 2.24) is 4.98 Å². The number of aromatic nitrogens is 1. The Balaban J connectivity index is 2.00. The summed E-state index contributed by atoms with van der Waals surface area (Å²) in [7, 11) is 3.16. The predicted molar refractivity (Wildman–Crippen MR) is 110 cm³/mol. The summed E-state index contributed by atoms with van der Waals surface area (Å²) >= 11 is 3.53. The molecule has 7 heteroatoms. The van der Waals surface area contributed by atoms with E-state index in [4.69, 9.17) is 19.9 Å². The lowest BCUT2D eigenvalue weighted by atomic mass is 9.83. The number of ether oxygens (including phenoxy) is 3. The Morgan fingerprint density at radius 2 is 2.00 bits per heavy atom. The van der Waals surface area contributed by atoms with E-state index in [0.717, 1.165) is 32.2 Å². The normalized spacial score (nSPS) is 15.8. The number of methoxy groups -OCH3 is 2. The lowest BCUT2D eigenvalue weighted by Gasteiger charge is -2.27. The molecule has 4 rings (SSSR count). The average molecular weight is 440 g/mol. The zero-order valence-corrected chi connectivity index (χ0v) is 17.2. The molecule has 0 aliphatic carbocycles. The van der Waals surface area contributed by atoms with Crippen LogP contribution in [0.2, 0.25) is 0 Å². The van der Waals surface area contributed by atoms with Crippen molar-refractivity contribution in [2.75, 3.05) is 14.2 Å². The van der Waals surface area contributed by atoms with Crippen LogP contribution in [0.25, 0.3) is 10.9 Å². The third-order valence-corrected chi connectivity index (χ3v) is 5.50. The molecule has 0 bridgehead atoms. The molecule has 0 saturated heterocycles. The molecule has 1 unspecified atom stereocenters. The van der Waals surface area contributed by atoms with Crippen LogP contribution < -0.4 is 19.9 Å². The third kappa shape index (κ3) is 2.69. The molecule has 2 heterocycles. The van der Waals surface area contributed by atoms with Crippen LogP contribution in [0.5, 0.6) is 17.2 Å². The smallest absolute Gasteiger partial charge is 0.205 e. The van der Waals surface area contributed by atoms with Crippen molar-refractivity contribution in [1.29, 1.82) is 5.26 Å². The minimum Gasteiger partial charge on any atom is -0.493 e. The number of fused-ring (bicyclic) bond motifs is 3. The van der Waals surface area contributed by atoms with Gasteiger partial charge in [0.15, 0.2) is 11.5 Å². The van der Waals surface area contributed by atoms with Gasteiger partial charge in [-0.2, -0.15) is 5.26 Å². The number of nitrogens with one attached hydrogen (secondary N) is 1. The summed E-state index contributed by atoms with van der Waals surface area (Å²) < 4.78 is 17.5. The summed E-state index contributed by atoms with van der Waals surface area (Å²) in [6.45, 7) is 1.98. The lowest BCUT2D eigenvalue weighted by molar-refractivity contribution is 0.352. The maximum absolute atomic E-state index is 9.79. The number of nitrogens with zero attached hydrogens (tertiary/aromatic N) is 1. The van der Waals surface area contributed by atoms with Gasteiger partial charge in [0.25, 0.3) is 0 Å². The first-order valence-corrected chi connectivity index (χ1v) is 9.39. The Hall–Kier alpha value is -3.11. The molecule has 142 valence electrons. The number of nitrogens with two attached hydrogens (primary N) is 1. The number of allylic oxidation sites excluding steroid dienone is 1. The monoisotopic (exact) mass is 439 g/mol. The molecule has 2 aromatic carbocycles. The van der Waals surface area contributed by atoms with E-state index in [-0.39, 0.29) is 11.8 Å². The minimum absolute atomic E-state index is 0.109. The van der Waals surface area contributed by atoms with E-state index in [9.17, 15) is 5.26 Å². The topological polar surface area (TPSA) is 93.3 Å². The van der Waals surface area contributed by atoms with Crippen LogP contribution in [0.3, 0.4) is 0 Å². The number of halogens is 1. The van der Waals surface area contributed by atoms with Crippen molar-refractivity contribution < 1.29 is 14.2 Å². The molecule has 6 nitrogen and oxygen atoms in total. The first-order valence-electron chi connectivity index (χ1n) is 8.59. The fourth-order valence-electron chi connectivity index (χ4n) is 3.71. The first kappa shape index (κ1) is 18.3. The van der Waals surface area contributed by atoms with E-state index in [1.54, 1.807) is 14.2 Å². The van der Waals surface area contributed by atoms with Crippen molar-refractivity contribution in [3.8, 4) is 23.3 Å².